The summed E-state index contributed by atoms with van der Waals surface area (Å²) in [7, 11) is 0. The topological polar surface area (TPSA) is 97.1 Å². The Balaban J connectivity index is 2.06. The second kappa shape index (κ2) is 7.15. The Morgan fingerprint density at radius 2 is 2.18 bits per heavy atom. The molecule has 0 aliphatic rings. The number of thiazole rings is 1. The monoisotopic (exact) mass is 318 g/mol. The minimum Gasteiger partial charge on any atom is -0.344 e. The van der Waals surface area contributed by atoms with Crippen molar-refractivity contribution in [2.24, 2.45) is 5.73 Å². The van der Waals surface area contributed by atoms with Crippen LogP contribution in [0.2, 0.25) is 0 Å². The van der Waals surface area contributed by atoms with E-state index in [1.807, 2.05) is 25.1 Å². The van der Waals surface area contributed by atoms with Crippen LogP contribution in [0.3, 0.4) is 0 Å². The van der Waals surface area contributed by atoms with E-state index in [9.17, 15) is 9.59 Å². The number of nitrogens with zero attached hydrogens (tertiary/aromatic N) is 1. The van der Waals surface area contributed by atoms with E-state index >= 15 is 0 Å². The fourth-order valence-electron chi connectivity index (χ4n) is 1.95. The van der Waals surface area contributed by atoms with Crippen LogP contribution < -0.4 is 16.4 Å². The maximum absolute atomic E-state index is 12.1. The van der Waals surface area contributed by atoms with Gasteiger partial charge in [-0.1, -0.05) is 12.1 Å². The molecule has 1 heterocycles. The third-order valence-electron chi connectivity index (χ3n) is 3.01. The standard InChI is InChI=1S/C15H18N4O2S/c1-9(11-4-3-5-12(6-11)18-10(2)20)17-15(21)13-8-22-14(7-16)19-13/h3-6,8-9H,7,16H2,1-2H3,(H,17,21)(H,18,20). The van der Waals surface area contributed by atoms with E-state index < -0.39 is 0 Å². The molecule has 2 amide bonds. The molecule has 1 atom stereocenters. The van der Waals surface area contributed by atoms with Gasteiger partial charge in [0.2, 0.25) is 5.91 Å². The van der Waals surface area contributed by atoms with Gasteiger partial charge in [-0.05, 0) is 24.6 Å². The maximum atomic E-state index is 12.1. The summed E-state index contributed by atoms with van der Waals surface area (Å²) < 4.78 is 0. The van der Waals surface area contributed by atoms with Crippen LogP contribution in [0, 0.1) is 0 Å². The molecule has 7 heteroatoms. The van der Waals surface area contributed by atoms with Gasteiger partial charge >= 0.3 is 0 Å². The molecule has 2 rings (SSSR count). The van der Waals surface area contributed by atoms with Gasteiger partial charge < -0.3 is 16.4 Å². The lowest BCUT2D eigenvalue weighted by Gasteiger charge is -2.14. The van der Waals surface area contributed by atoms with E-state index in [1.165, 1.54) is 18.3 Å². The predicted octanol–water partition coefficient (Wildman–Crippen LogP) is 2.05. The molecule has 0 aliphatic carbocycles. The zero-order chi connectivity index (χ0) is 16.1. The van der Waals surface area contributed by atoms with Gasteiger partial charge in [0.1, 0.15) is 10.7 Å². The number of amides is 2. The van der Waals surface area contributed by atoms with Crippen LogP contribution in [0.5, 0.6) is 0 Å². The normalized spacial score (nSPS) is 11.8. The van der Waals surface area contributed by atoms with Crippen molar-refractivity contribution in [1.82, 2.24) is 10.3 Å². The lowest BCUT2D eigenvalue weighted by Crippen LogP contribution is -2.27. The number of benzene rings is 1. The zero-order valence-corrected chi connectivity index (χ0v) is 13.2. The van der Waals surface area contributed by atoms with Crippen LogP contribution in [0.1, 0.15) is 40.9 Å². The first kappa shape index (κ1) is 16.1. The quantitative estimate of drug-likeness (QED) is 0.786. The van der Waals surface area contributed by atoms with Crippen molar-refractivity contribution in [3.05, 3.63) is 45.9 Å². The van der Waals surface area contributed by atoms with Crippen molar-refractivity contribution in [3.8, 4) is 0 Å². The SMILES string of the molecule is CC(=O)Nc1cccc(C(C)NC(=O)c2csc(CN)n2)c1. The van der Waals surface area contributed by atoms with Gasteiger partial charge in [0.25, 0.3) is 5.91 Å². The van der Waals surface area contributed by atoms with Crippen molar-refractivity contribution in [2.45, 2.75) is 26.4 Å². The molecule has 1 unspecified atom stereocenters. The molecule has 0 saturated carbocycles. The molecule has 0 aliphatic heterocycles. The Bertz CT molecular complexity index is 684. The van der Waals surface area contributed by atoms with Crippen molar-refractivity contribution in [2.75, 3.05) is 5.32 Å². The van der Waals surface area contributed by atoms with E-state index in [0.717, 1.165) is 10.6 Å². The number of nitrogens with one attached hydrogen (secondary N) is 2. The number of anilines is 1. The van der Waals surface area contributed by atoms with Crippen LogP contribution >= 0.6 is 11.3 Å². The molecule has 1 aromatic carbocycles. The number of carbonyl (C=O) groups excluding carboxylic acids is 2. The molecule has 0 spiro atoms. The van der Waals surface area contributed by atoms with Crippen molar-refractivity contribution >= 4 is 28.8 Å². The van der Waals surface area contributed by atoms with Gasteiger partial charge in [-0.15, -0.1) is 11.3 Å². The van der Waals surface area contributed by atoms with Gasteiger partial charge in [0.15, 0.2) is 0 Å². The average Bonchev–Trinajstić information content (AvgIpc) is 2.95. The minimum absolute atomic E-state index is 0.134. The smallest absolute Gasteiger partial charge is 0.271 e. The fraction of sp³-hybridized carbons (Fsp3) is 0.267. The number of hydrogen-bond acceptors (Lipinski definition) is 5. The molecule has 0 bridgehead atoms. The van der Waals surface area contributed by atoms with Crippen molar-refractivity contribution < 1.29 is 9.59 Å². The highest BCUT2D eigenvalue weighted by Crippen LogP contribution is 2.18. The minimum atomic E-state index is -0.242. The molecule has 1 aromatic heterocycles. The lowest BCUT2D eigenvalue weighted by atomic mass is 10.1. The Labute approximate surface area is 132 Å². The van der Waals surface area contributed by atoms with E-state index in [1.54, 1.807) is 11.4 Å². The van der Waals surface area contributed by atoms with Gasteiger partial charge in [-0.2, -0.15) is 0 Å². The summed E-state index contributed by atoms with van der Waals surface area (Å²) >= 11 is 1.37. The molecular formula is C15H18N4O2S. The molecule has 0 fully saturated rings. The van der Waals surface area contributed by atoms with E-state index in [2.05, 4.69) is 15.6 Å². The average molecular weight is 318 g/mol. The van der Waals surface area contributed by atoms with E-state index in [4.69, 9.17) is 5.73 Å². The van der Waals surface area contributed by atoms with Crippen molar-refractivity contribution in [3.63, 3.8) is 0 Å². The number of rotatable bonds is 5. The Morgan fingerprint density at radius 1 is 1.41 bits per heavy atom. The van der Waals surface area contributed by atoms with Gasteiger partial charge in [-0.3, -0.25) is 9.59 Å². The third kappa shape index (κ3) is 4.12. The second-order valence-electron chi connectivity index (χ2n) is 4.83. The summed E-state index contributed by atoms with van der Waals surface area (Å²) in [5.74, 6) is -0.376. The largest absolute Gasteiger partial charge is 0.344 e. The molecule has 6 nitrogen and oxygen atoms in total. The van der Waals surface area contributed by atoms with Crippen LogP contribution in [0.4, 0.5) is 5.69 Å². The highest BCUT2D eigenvalue weighted by molar-refractivity contribution is 7.09. The summed E-state index contributed by atoms with van der Waals surface area (Å²) in [5, 5.41) is 8.02. The second-order valence-corrected chi connectivity index (χ2v) is 5.78. The van der Waals surface area contributed by atoms with E-state index in [-0.39, 0.29) is 17.9 Å². The Kier molecular flexibility index (Phi) is 5.24. The highest BCUT2D eigenvalue weighted by atomic mass is 32.1. The summed E-state index contributed by atoms with van der Waals surface area (Å²) in [6, 6.07) is 7.15. The van der Waals surface area contributed by atoms with Crippen molar-refractivity contribution in [1.29, 1.82) is 0 Å². The van der Waals surface area contributed by atoms with Crippen LogP contribution in [0.25, 0.3) is 0 Å². The maximum Gasteiger partial charge on any atom is 0.271 e. The highest BCUT2D eigenvalue weighted by Gasteiger charge is 2.14. The van der Waals surface area contributed by atoms with Gasteiger partial charge in [0, 0.05) is 24.5 Å². The number of carbonyl (C=O) groups is 2. The first-order valence-electron chi connectivity index (χ1n) is 6.82. The molecular weight excluding hydrogens is 300 g/mol. The summed E-state index contributed by atoms with van der Waals surface area (Å²) in [4.78, 5) is 27.4. The number of nitrogens with two attached hydrogens (primary N) is 1. The molecule has 116 valence electrons. The third-order valence-corrected chi connectivity index (χ3v) is 3.88. The summed E-state index contributed by atoms with van der Waals surface area (Å²) in [6.45, 7) is 3.66. The molecule has 22 heavy (non-hydrogen) atoms. The predicted molar refractivity (Wildman–Crippen MR) is 86.6 cm³/mol. The van der Waals surface area contributed by atoms with Gasteiger partial charge in [0.05, 0.1) is 6.04 Å². The Hall–Kier alpha value is -2.25. The van der Waals surface area contributed by atoms with Crippen LogP contribution in [-0.2, 0) is 11.3 Å². The Morgan fingerprint density at radius 3 is 2.82 bits per heavy atom. The first-order valence-corrected chi connectivity index (χ1v) is 7.70. The number of hydrogen-bond donors (Lipinski definition) is 3. The van der Waals surface area contributed by atoms with E-state index in [0.29, 0.717) is 17.9 Å². The molecule has 2 aromatic rings. The molecule has 0 radical (unpaired) electrons. The summed E-state index contributed by atoms with van der Waals surface area (Å²) in [6.07, 6.45) is 0. The lowest BCUT2D eigenvalue weighted by molar-refractivity contribution is -0.114. The van der Waals surface area contributed by atoms with Crippen LogP contribution in [-0.4, -0.2) is 16.8 Å². The van der Waals surface area contributed by atoms with Gasteiger partial charge in [-0.25, -0.2) is 4.98 Å². The molecule has 0 saturated heterocycles. The summed E-state index contributed by atoms with van der Waals surface area (Å²) in [5.41, 5.74) is 7.46. The number of aromatic nitrogens is 1. The fourth-order valence-corrected chi connectivity index (χ4v) is 2.61. The molecule has 4 N–H and O–H groups in total. The first-order chi connectivity index (χ1) is 10.5. The van der Waals surface area contributed by atoms with Crippen LogP contribution in [0.15, 0.2) is 29.6 Å². The zero-order valence-electron chi connectivity index (χ0n) is 12.4.